The van der Waals surface area contributed by atoms with Crippen LogP contribution in [0.25, 0.3) is 11.1 Å². The number of aromatic nitrogens is 4. The molecule has 1 aliphatic heterocycles. The summed E-state index contributed by atoms with van der Waals surface area (Å²) < 4.78 is 25.0. The Bertz CT molecular complexity index is 1450. The largest absolute Gasteiger partial charge is 0.487 e. The molecule has 0 amide bonds. The van der Waals surface area contributed by atoms with Gasteiger partial charge in [-0.1, -0.05) is 6.07 Å². The minimum atomic E-state index is -0.244. The van der Waals surface area contributed by atoms with Gasteiger partial charge >= 0.3 is 0 Å². The Morgan fingerprint density at radius 2 is 1.87 bits per heavy atom. The van der Waals surface area contributed by atoms with E-state index in [0.717, 1.165) is 69.5 Å². The van der Waals surface area contributed by atoms with Gasteiger partial charge in [0.2, 0.25) is 5.95 Å². The SMILES string of the molecule is C[C@@H](CNC=N)Oc1cc(-c2cnc(Nc3cn([C@H]4CC[C@H](N5CCOCC5)CC4)nc3OCCCOCCO)nc2)ccc1C#N. The number of morpholine rings is 1. The minimum absolute atomic E-state index is 0.00473. The summed E-state index contributed by atoms with van der Waals surface area (Å²) in [5.74, 6) is 1.34. The summed E-state index contributed by atoms with van der Waals surface area (Å²) >= 11 is 0. The van der Waals surface area contributed by atoms with Crippen molar-refractivity contribution in [3.8, 4) is 28.8 Å². The quantitative estimate of drug-likeness (QED) is 0.0955. The van der Waals surface area contributed by atoms with E-state index in [1.165, 1.54) is 0 Å². The first-order valence-electron chi connectivity index (χ1n) is 16.3. The van der Waals surface area contributed by atoms with Gasteiger partial charge in [0.1, 0.15) is 23.6 Å². The highest BCUT2D eigenvalue weighted by Crippen LogP contribution is 2.35. The van der Waals surface area contributed by atoms with Crippen molar-refractivity contribution >= 4 is 18.0 Å². The van der Waals surface area contributed by atoms with Crippen LogP contribution in [0.5, 0.6) is 11.6 Å². The lowest BCUT2D eigenvalue weighted by Gasteiger charge is -2.38. The fourth-order valence-electron chi connectivity index (χ4n) is 5.92. The van der Waals surface area contributed by atoms with Crippen LogP contribution in [-0.4, -0.2) is 108 Å². The third-order valence-corrected chi connectivity index (χ3v) is 8.38. The molecular weight excluding hydrogens is 602 g/mol. The molecule has 3 heterocycles. The van der Waals surface area contributed by atoms with E-state index in [1.807, 2.05) is 23.9 Å². The highest BCUT2D eigenvalue weighted by Gasteiger charge is 2.29. The number of nitrogens with zero attached hydrogens (tertiary/aromatic N) is 6. The molecule has 14 heteroatoms. The van der Waals surface area contributed by atoms with Crippen molar-refractivity contribution in [2.24, 2.45) is 0 Å². The van der Waals surface area contributed by atoms with Gasteiger partial charge in [0.25, 0.3) is 5.88 Å². The topological polar surface area (TPSA) is 176 Å². The number of hydrogen-bond donors (Lipinski definition) is 4. The molecule has 2 fully saturated rings. The van der Waals surface area contributed by atoms with E-state index in [0.29, 0.717) is 67.7 Å². The number of rotatable bonds is 17. The second-order valence-corrected chi connectivity index (χ2v) is 11.7. The number of aliphatic hydroxyl groups is 1. The number of nitrogens with one attached hydrogen (secondary N) is 3. The first-order valence-corrected chi connectivity index (χ1v) is 16.3. The van der Waals surface area contributed by atoms with Crippen LogP contribution in [0.3, 0.4) is 0 Å². The molecular formula is C33H45N9O5. The number of aliphatic hydroxyl groups excluding tert-OH is 1. The van der Waals surface area contributed by atoms with Gasteiger partial charge in [-0.2, -0.15) is 5.26 Å². The zero-order chi connectivity index (χ0) is 32.8. The third-order valence-electron chi connectivity index (χ3n) is 8.38. The smallest absolute Gasteiger partial charge is 0.256 e. The lowest BCUT2D eigenvalue weighted by atomic mass is 9.90. The predicted molar refractivity (Wildman–Crippen MR) is 176 cm³/mol. The standard InChI is InChI=1S/C33H45N9O5/c1-24(19-36-23-35)47-31-17-25(3-4-26(31)18-34)27-20-37-33(38-21-27)39-30-22-42(40-32(30)46-13-2-12-44-16-11-43)29-7-5-28(6-8-29)41-9-14-45-15-10-41/h3-4,17,20-24,28-29,43H,2,5-16,19H2,1H3,(H2,35,36)(H,37,38,39)/t24-,28-,29-/m0/s1. The van der Waals surface area contributed by atoms with Crippen LogP contribution in [-0.2, 0) is 9.47 Å². The molecule has 2 aliphatic rings. The second kappa shape index (κ2) is 17.6. The first-order chi connectivity index (χ1) is 23.1. The summed E-state index contributed by atoms with van der Waals surface area (Å²) in [5.41, 5.74) is 2.69. The molecule has 0 radical (unpaired) electrons. The lowest BCUT2D eigenvalue weighted by Crippen LogP contribution is -2.45. The fraction of sp³-hybridized carbons (Fsp3) is 0.545. The number of benzene rings is 1. The molecule has 1 saturated heterocycles. The number of nitriles is 1. The van der Waals surface area contributed by atoms with Crippen LogP contribution in [0.2, 0.25) is 0 Å². The van der Waals surface area contributed by atoms with Crippen molar-refractivity contribution in [3.63, 3.8) is 0 Å². The Kier molecular flexibility index (Phi) is 12.7. The van der Waals surface area contributed by atoms with Gasteiger partial charge in [-0.15, -0.1) is 5.10 Å². The van der Waals surface area contributed by atoms with Crippen LogP contribution in [0, 0.1) is 16.7 Å². The maximum Gasteiger partial charge on any atom is 0.256 e. The summed E-state index contributed by atoms with van der Waals surface area (Å²) in [4.78, 5) is 11.7. The van der Waals surface area contributed by atoms with E-state index in [1.54, 1.807) is 24.5 Å². The fourth-order valence-corrected chi connectivity index (χ4v) is 5.92. The summed E-state index contributed by atoms with van der Waals surface area (Å²) in [6, 6.07) is 8.40. The summed E-state index contributed by atoms with van der Waals surface area (Å²) in [7, 11) is 0. The van der Waals surface area contributed by atoms with Gasteiger partial charge in [0.05, 0.1) is 63.7 Å². The normalized spacial score (nSPS) is 19.0. The van der Waals surface area contributed by atoms with Crippen molar-refractivity contribution in [2.45, 2.75) is 57.2 Å². The van der Waals surface area contributed by atoms with E-state index < -0.39 is 0 Å². The molecule has 1 saturated carbocycles. The Morgan fingerprint density at radius 1 is 1.11 bits per heavy atom. The van der Waals surface area contributed by atoms with Crippen LogP contribution < -0.4 is 20.1 Å². The maximum absolute atomic E-state index is 9.57. The van der Waals surface area contributed by atoms with E-state index >= 15 is 0 Å². The van der Waals surface area contributed by atoms with E-state index in [2.05, 4.69) is 31.6 Å². The Labute approximate surface area is 275 Å². The second-order valence-electron chi connectivity index (χ2n) is 11.7. The van der Waals surface area contributed by atoms with Crippen LogP contribution in [0.4, 0.5) is 11.6 Å². The molecule has 0 unspecified atom stereocenters. The monoisotopic (exact) mass is 647 g/mol. The van der Waals surface area contributed by atoms with Gasteiger partial charge in [0, 0.05) is 50.1 Å². The molecule has 2 aromatic heterocycles. The van der Waals surface area contributed by atoms with Gasteiger partial charge < -0.3 is 34.7 Å². The van der Waals surface area contributed by atoms with Gasteiger partial charge in [-0.05, 0) is 50.3 Å². The van der Waals surface area contributed by atoms with Gasteiger partial charge in [0.15, 0.2) is 0 Å². The molecule has 4 N–H and O–H groups in total. The Morgan fingerprint density at radius 3 is 2.60 bits per heavy atom. The molecule has 0 bridgehead atoms. The summed E-state index contributed by atoms with van der Waals surface area (Å²) in [5, 5.41) is 36.6. The number of hydrogen-bond acceptors (Lipinski definition) is 12. The van der Waals surface area contributed by atoms with E-state index in [-0.39, 0.29) is 18.8 Å². The van der Waals surface area contributed by atoms with Crippen LogP contribution in [0.1, 0.15) is 50.6 Å². The van der Waals surface area contributed by atoms with Crippen LogP contribution >= 0.6 is 0 Å². The molecule has 14 nitrogen and oxygen atoms in total. The average Bonchev–Trinajstić information content (AvgIpc) is 3.51. The summed E-state index contributed by atoms with van der Waals surface area (Å²) in [6.07, 6.45) is 11.3. The summed E-state index contributed by atoms with van der Waals surface area (Å²) in [6.45, 7) is 7.16. The molecule has 1 aromatic carbocycles. The lowest BCUT2D eigenvalue weighted by molar-refractivity contribution is 0.00502. The molecule has 0 spiro atoms. The predicted octanol–water partition coefficient (Wildman–Crippen LogP) is 3.51. The molecule has 5 rings (SSSR count). The zero-order valence-electron chi connectivity index (χ0n) is 26.9. The zero-order valence-corrected chi connectivity index (χ0v) is 26.9. The molecule has 3 aromatic rings. The highest BCUT2D eigenvalue weighted by molar-refractivity contribution is 5.67. The minimum Gasteiger partial charge on any atom is -0.487 e. The van der Waals surface area contributed by atoms with Crippen molar-refractivity contribution in [2.75, 3.05) is 64.6 Å². The molecule has 252 valence electrons. The van der Waals surface area contributed by atoms with Crippen molar-refractivity contribution in [1.82, 2.24) is 30.0 Å². The third kappa shape index (κ3) is 9.61. The maximum atomic E-state index is 9.57. The van der Waals surface area contributed by atoms with Crippen molar-refractivity contribution in [1.29, 1.82) is 10.7 Å². The molecule has 47 heavy (non-hydrogen) atoms. The number of ether oxygens (including phenoxy) is 4. The Hall–Kier alpha value is -4.29. The highest BCUT2D eigenvalue weighted by atomic mass is 16.5. The van der Waals surface area contributed by atoms with Crippen LogP contribution in [0.15, 0.2) is 36.8 Å². The average molecular weight is 648 g/mol. The van der Waals surface area contributed by atoms with E-state index in [9.17, 15) is 5.26 Å². The van der Waals surface area contributed by atoms with Crippen molar-refractivity contribution in [3.05, 3.63) is 42.4 Å². The van der Waals surface area contributed by atoms with Crippen molar-refractivity contribution < 1.29 is 24.1 Å². The van der Waals surface area contributed by atoms with E-state index in [4.69, 9.17) is 34.6 Å². The molecule has 1 aliphatic carbocycles. The Balaban J connectivity index is 1.26. The number of anilines is 2. The first kappa shape index (κ1) is 34.1. The van der Waals surface area contributed by atoms with Gasteiger partial charge in [-0.3, -0.25) is 15.0 Å². The van der Waals surface area contributed by atoms with Gasteiger partial charge in [-0.25, -0.2) is 9.97 Å². The molecule has 1 atom stereocenters.